The second-order valence-electron chi connectivity index (χ2n) is 3.98. The molecule has 0 fully saturated rings. The van der Waals surface area contributed by atoms with Gasteiger partial charge in [-0.3, -0.25) is 4.79 Å². The molecular formula is C11H8BrF3O3. The van der Waals surface area contributed by atoms with E-state index >= 15 is 0 Å². The van der Waals surface area contributed by atoms with Crippen LogP contribution in [-0.2, 0) is 11.2 Å². The topological polar surface area (TPSA) is 46.5 Å². The predicted octanol–water partition coefficient (Wildman–Crippen LogP) is 3.02. The van der Waals surface area contributed by atoms with Crippen LogP contribution in [0.1, 0.15) is 5.56 Å². The molecule has 0 unspecified atom stereocenters. The first kappa shape index (κ1) is 13.2. The molecule has 0 bridgehead atoms. The summed E-state index contributed by atoms with van der Waals surface area (Å²) in [6.45, 7) is 0. The maximum atomic E-state index is 12.7. The Kier molecular flexibility index (Phi) is 3.27. The van der Waals surface area contributed by atoms with E-state index in [-0.39, 0.29) is 12.2 Å². The average molecular weight is 325 g/mol. The van der Waals surface area contributed by atoms with Crippen molar-refractivity contribution in [3.8, 4) is 5.75 Å². The minimum Gasteiger partial charge on any atom is -0.481 e. The van der Waals surface area contributed by atoms with Crippen molar-refractivity contribution < 1.29 is 27.8 Å². The van der Waals surface area contributed by atoms with Crippen LogP contribution in [-0.4, -0.2) is 23.4 Å². The van der Waals surface area contributed by atoms with Crippen molar-refractivity contribution in [2.24, 2.45) is 5.92 Å². The summed E-state index contributed by atoms with van der Waals surface area (Å²) in [6, 6.07) is 4.60. The third-order valence-electron chi connectivity index (χ3n) is 2.73. The third-order valence-corrected chi connectivity index (χ3v) is 3.22. The Bertz CT molecular complexity index is 487. The lowest BCUT2D eigenvalue weighted by Crippen LogP contribution is -2.47. The number of alkyl halides is 3. The fourth-order valence-corrected chi connectivity index (χ4v) is 2.22. The first-order valence-corrected chi connectivity index (χ1v) is 5.83. The van der Waals surface area contributed by atoms with Gasteiger partial charge < -0.3 is 9.84 Å². The summed E-state index contributed by atoms with van der Waals surface area (Å²) < 4.78 is 43.6. The van der Waals surface area contributed by atoms with E-state index in [9.17, 15) is 18.0 Å². The first-order chi connectivity index (χ1) is 8.29. The van der Waals surface area contributed by atoms with Gasteiger partial charge in [-0.2, -0.15) is 13.2 Å². The van der Waals surface area contributed by atoms with Gasteiger partial charge in [0.1, 0.15) is 11.7 Å². The first-order valence-electron chi connectivity index (χ1n) is 5.03. The van der Waals surface area contributed by atoms with Crippen LogP contribution >= 0.6 is 15.9 Å². The Labute approximate surface area is 109 Å². The van der Waals surface area contributed by atoms with Gasteiger partial charge in [0, 0.05) is 4.47 Å². The molecule has 7 heteroatoms. The molecule has 1 N–H and O–H groups in total. The molecule has 0 aromatic heterocycles. The second-order valence-corrected chi connectivity index (χ2v) is 4.90. The van der Waals surface area contributed by atoms with Crippen LogP contribution in [0.4, 0.5) is 13.2 Å². The molecule has 98 valence electrons. The zero-order valence-corrected chi connectivity index (χ0v) is 10.5. The van der Waals surface area contributed by atoms with E-state index in [0.717, 1.165) is 0 Å². The Balaban J connectivity index is 2.41. The minimum absolute atomic E-state index is 0.0733. The zero-order valence-electron chi connectivity index (χ0n) is 8.87. The van der Waals surface area contributed by atoms with E-state index in [2.05, 4.69) is 15.9 Å². The van der Waals surface area contributed by atoms with Gasteiger partial charge in [0.15, 0.2) is 0 Å². The number of hydrogen-bond acceptors (Lipinski definition) is 2. The minimum atomic E-state index is -4.71. The molecule has 0 saturated heterocycles. The quantitative estimate of drug-likeness (QED) is 0.863. The summed E-state index contributed by atoms with van der Waals surface area (Å²) in [5.41, 5.74) is 0.464. The molecule has 3 nitrogen and oxygen atoms in total. The van der Waals surface area contributed by atoms with Crippen molar-refractivity contribution in [1.82, 2.24) is 0 Å². The van der Waals surface area contributed by atoms with E-state index in [4.69, 9.17) is 9.84 Å². The molecule has 0 aliphatic carbocycles. The molecular weight excluding hydrogens is 317 g/mol. The molecule has 0 saturated carbocycles. The van der Waals surface area contributed by atoms with Crippen molar-refractivity contribution in [1.29, 1.82) is 0 Å². The van der Waals surface area contributed by atoms with Crippen LogP contribution in [0.2, 0.25) is 0 Å². The standard InChI is InChI=1S/C11H8BrF3O3/c12-6-2-1-5-3-7(10(16)17)9(11(13,14)15)18-8(5)4-6/h1-2,4,7,9H,3H2,(H,16,17)/t7-,9-/m0/s1. The van der Waals surface area contributed by atoms with Crippen molar-refractivity contribution >= 4 is 21.9 Å². The van der Waals surface area contributed by atoms with Crippen molar-refractivity contribution in [2.75, 3.05) is 0 Å². The van der Waals surface area contributed by atoms with Crippen LogP contribution in [0.3, 0.4) is 0 Å². The molecule has 1 heterocycles. The summed E-state index contributed by atoms with van der Waals surface area (Å²) in [5.74, 6) is -3.05. The van der Waals surface area contributed by atoms with Crippen LogP contribution < -0.4 is 4.74 Å². The molecule has 2 atom stereocenters. The molecule has 1 aromatic rings. The molecule has 1 aliphatic heterocycles. The van der Waals surface area contributed by atoms with Crippen molar-refractivity contribution in [2.45, 2.75) is 18.7 Å². The largest absolute Gasteiger partial charge is 0.481 e. The number of benzene rings is 1. The van der Waals surface area contributed by atoms with E-state index in [1.807, 2.05) is 0 Å². The number of rotatable bonds is 1. The highest BCUT2D eigenvalue weighted by Crippen LogP contribution is 2.39. The van der Waals surface area contributed by atoms with Crippen LogP contribution in [0.25, 0.3) is 0 Å². The van der Waals surface area contributed by atoms with Crippen LogP contribution in [0.15, 0.2) is 22.7 Å². The van der Waals surface area contributed by atoms with Gasteiger partial charge in [-0.15, -0.1) is 0 Å². The summed E-state index contributed by atoms with van der Waals surface area (Å²) in [6.07, 6.45) is -7.21. The van der Waals surface area contributed by atoms with E-state index in [0.29, 0.717) is 10.0 Å². The lowest BCUT2D eigenvalue weighted by atomic mass is 9.90. The van der Waals surface area contributed by atoms with Gasteiger partial charge >= 0.3 is 12.1 Å². The van der Waals surface area contributed by atoms with E-state index < -0.39 is 24.2 Å². The lowest BCUT2D eigenvalue weighted by molar-refractivity contribution is -0.217. The normalized spacial score (nSPS) is 23.1. The number of hydrogen-bond donors (Lipinski definition) is 1. The van der Waals surface area contributed by atoms with Gasteiger partial charge in [0.2, 0.25) is 6.10 Å². The van der Waals surface area contributed by atoms with Gasteiger partial charge in [0.05, 0.1) is 0 Å². The van der Waals surface area contributed by atoms with E-state index in [1.54, 1.807) is 12.1 Å². The third kappa shape index (κ3) is 2.45. The Morgan fingerprint density at radius 3 is 2.67 bits per heavy atom. The maximum absolute atomic E-state index is 12.7. The second kappa shape index (κ2) is 4.46. The van der Waals surface area contributed by atoms with Gasteiger partial charge in [-0.1, -0.05) is 22.0 Å². The van der Waals surface area contributed by atoms with Crippen molar-refractivity contribution in [3.63, 3.8) is 0 Å². The number of carboxylic acids is 1. The number of carbonyl (C=O) groups is 1. The summed E-state index contributed by atoms with van der Waals surface area (Å²) in [7, 11) is 0. The maximum Gasteiger partial charge on any atom is 0.426 e. The fourth-order valence-electron chi connectivity index (χ4n) is 1.88. The fraction of sp³-hybridized carbons (Fsp3) is 0.364. The summed E-state index contributed by atoms with van der Waals surface area (Å²) in [5, 5.41) is 8.86. The molecule has 0 amide bonds. The smallest absolute Gasteiger partial charge is 0.426 e. The van der Waals surface area contributed by atoms with E-state index in [1.165, 1.54) is 6.07 Å². The number of aliphatic carboxylic acids is 1. The highest BCUT2D eigenvalue weighted by molar-refractivity contribution is 9.10. The number of ether oxygens (including phenoxy) is 1. The molecule has 0 spiro atoms. The van der Waals surface area contributed by atoms with Crippen LogP contribution in [0.5, 0.6) is 5.75 Å². The van der Waals surface area contributed by atoms with Crippen LogP contribution in [0, 0.1) is 5.92 Å². The molecule has 1 aromatic carbocycles. The highest BCUT2D eigenvalue weighted by Gasteiger charge is 2.52. The predicted molar refractivity (Wildman–Crippen MR) is 59.4 cm³/mol. The molecule has 18 heavy (non-hydrogen) atoms. The highest BCUT2D eigenvalue weighted by atomic mass is 79.9. The summed E-state index contributed by atoms with van der Waals surface area (Å²) in [4.78, 5) is 10.9. The Morgan fingerprint density at radius 1 is 1.44 bits per heavy atom. The molecule has 2 rings (SSSR count). The van der Waals surface area contributed by atoms with Gasteiger partial charge in [-0.05, 0) is 24.1 Å². The zero-order chi connectivity index (χ0) is 13.5. The Hall–Kier alpha value is -1.24. The number of fused-ring (bicyclic) bond motifs is 1. The average Bonchev–Trinajstić information content (AvgIpc) is 2.25. The summed E-state index contributed by atoms with van der Waals surface area (Å²) >= 11 is 3.13. The lowest BCUT2D eigenvalue weighted by Gasteiger charge is -2.32. The van der Waals surface area contributed by atoms with Gasteiger partial charge in [0.25, 0.3) is 0 Å². The number of carboxylic acid groups (broad SMARTS) is 1. The van der Waals surface area contributed by atoms with Crippen molar-refractivity contribution in [3.05, 3.63) is 28.2 Å². The Morgan fingerprint density at radius 2 is 2.11 bits per heavy atom. The molecule has 0 radical (unpaired) electrons. The number of halogens is 4. The molecule has 1 aliphatic rings. The monoisotopic (exact) mass is 324 g/mol. The van der Waals surface area contributed by atoms with Gasteiger partial charge in [-0.25, -0.2) is 0 Å². The SMILES string of the molecule is O=C(O)[C@H]1Cc2ccc(Br)cc2O[C@@H]1C(F)(F)F.